The van der Waals surface area contributed by atoms with Crippen LogP contribution in [0.25, 0.3) is 22.8 Å². The number of aromatic amines is 1. The van der Waals surface area contributed by atoms with Crippen molar-refractivity contribution in [3.8, 4) is 22.8 Å². The first-order valence-corrected chi connectivity index (χ1v) is 10.7. The van der Waals surface area contributed by atoms with E-state index in [0.717, 1.165) is 11.4 Å². The van der Waals surface area contributed by atoms with Crippen LogP contribution in [0.5, 0.6) is 0 Å². The van der Waals surface area contributed by atoms with Gasteiger partial charge < -0.3 is 9.64 Å². The van der Waals surface area contributed by atoms with Gasteiger partial charge in [-0.3, -0.25) is 10.1 Å². The normalized spacial score (nSPS) is 16.6. The summed E-state index contributed by atoms with van der Waals surface area (Å²) in [6.45, 7) is 1.35. The Bertz CT molecular complexity index is 1360. The molecular formula is C24H19FN6O2. The number of pyridine rings is 1. The number of carbonyl (C=O) groups excluding carboxylic acids is 1. The minimum absolute atomic E-state index is 0.280. The van der Waals surface area contributed by atoms with Crippen molar-refractivity contribution in [3.05, 3.63) is 78.0 Å². The van der Waals surface area contributed by atoms with E-state index in [1.54, 1.807) is 48.9 Å². The number of nitrogens with zero attached hydrogens (tertiary/aromatic N) is 5. The lowest BCUT2D eigenvalue weighted by Gasteiger charge is -2.38. The Morgan fingerprint density at radius 3 is 2.76 bits per heavy atom. The zero-order valence-corrected chi connectivity index (χ0v) is 17.5. The molecule has 33 heavy (non-hydrogen) atoms. The molecule has 0 aliphatic carbocycles. The Morgan fingerprint density at radius 1 is 1.06 bits per heavy atom. The van der Waals surface area contributed by atoms with E-state index < -0.39 is 5.60 Å². The highest BCUT2D eigenvalue weighted by Crippen LogP contribution is 2.44. The molecule has 8 nitrogen and oxygen atoms in total. The number of benzene rings is 1. The van der Waals surface area contributed by atoms with Gasteiger partial charge >= 0.3 is 5.97 Å². The fourth-order valence-electron chi connectivity index (χ4n) is 4.58. The molecule has 0 amide bonds. The van der Waals surface area contributed by atoms with Crippen LogP contribution in [-0.4, -0.2) is 44.2 Å². The van der Waals surface area contributed by atoms with Crippen LogP contribution < -0.4 is 4.90 Å². The molecule has 1 spiro atoms. The Hall–Kier alpha value is -4.14. The summed E-state index contributed by atoms with van der Waals surface area (Å²) >= 11 is 0. The molecule has 0 atom stereocenters. The van der Waals surface area contributed by atoms with Gasteiger partial charge in [-0.05, 0) is 24.3 Å². The van der Waals surface area contributed by atoms with Crippen LogP contribution in [0.15, 0.2) is 61.1 Å². The number of nitrogens with one attached hydrogen (secondary N) is 1. The largest absolute Gasteiger partial charge is 0.450 e. The number of ether oxygens (including phenoxy) is 1. The molecule has 6 rings (SSSR count). The molecule has 0 bridgehead atoms. The van der Waals surface area contributed by atoms with Gasteiger partial charge in [-0.2, -0.15) is 5.10 Å². The minimum atomic E-state index is -0.613. The standard InChI is InChI=1S/C24H19FN6O2/c25-18-4-2-1-3-16(18)22-27-10-6-19(28-22)20-13-21(30-29-20)31-11-7-24(8-12-31)17-14-26-9-5-15(17)23(32)33-24/h1-6,9-10,13-14H,7-8,11-12H2,(H,29,30). The topological polar surface area (TPSA) is 96.9 Å². The van der Waals surface area contributed by atoms with Crippen molar-refractivity contribution in [2.45, 2.75) is 18.4 Å². The average molecular weight is 442 g/mol. The van der Waals surface area contributed by atoms with Gasteiger partial charge in [-0.1, -0.05) is 12.1 Å². The van der Waals surface area contributed by atoms with Crippen LogP contribution in [0.1, 0.15) is 28.8 Å². The first-order valence-electron chi connectivity index (χ1n) is 10.7. The van der Waals surface area contributed by atoms with Gasteiger partial charge in [-0.15, -0.1) is 0 Å². The van der Waals surface area contributed by atoms with Crippen LogP contribution >= 0.6 is 0 Å². The Morgan fingerprint density at radius 2 is 1.91 bits per heavy atom. The monoisotopic (exact) mass is 442 g/mol. The van der Waals surface area contributed by atoms with Gasteiger partial charge in [0.05, 0.1) is 22.5 Å². The van der Waals surface area contributed by atoms with E-state index in [1.165, 1.54) is 6.07 Å². The van der Waals surface area contributed by atoms with E-state index in [2.05, 4.69) is 30.0 Å². The van der Waals surface area contributed by atoms with E-state index in [-0.39, 0.29) is 11.8 Å². The maximum Gasteiger partial charge on any atom is 0.339 e. The molecule has 0 radical (unpaired) electrons. The quantitative estimate of drug-likeness (QED) is 0.483. The molecule has 0 unspecified atom stereocenters. The summed E-state index contributed by atoms with van der Waals surface area (Å²) in [7, 11) is 0. The second-order valence-corrected chi connectivity index (χ2v) is 8.18. The summed E-state index contributed by atoms with van der Waals surface area (Å²) in [4.78, 5) is 27.4. The third-order valence-electron chi connectivity index (χ3n) is 6.33. The minimum Gasteiger partial charge on any atom is -0.450 e. The predicted octanol–water partition coefficient (Wildman–Crippen LogP) is 3.73. The third-order valence-corrected chi connectivity index (χ3v) is 6.33. The van der Waals surface area contributed by atoms with Gasteiger partial charge in [-0.25, -0.2) is 19.2 Å². The van der Waals surface area contributed by atoms with Crippen LogP contribution in [0.2, 0.25) is 0 Å². The smallest absolute Gasteiger partial charge is 0.339 e. The van der Waals surface area contributed by atoms with Crippen molar-refractivity contribution in [3.63, 3.8) is 0 Å². The van der Waals surface area contributed by atoms with Gasteiger partial charge in [0.15, 0.2) is 11.6 Å². The second-order valence-electron chi connectivity index (χ2n) is 8.18. The van der Waals surface area contributed by atoms with Crippen molar-refractivity contribution >= 4 is 11.8 Å². The molecule has 1 saturated heterocycles. The second kappa shape index (κ2) is 7.47. The van der Waals surface area contributed by atoms with Crippen molar-refractivity contribution in [1.82, 2.24) is 25.1 Å². The molecule has 1 N–H and O–H groups in total. The summed E-state index contributed by atoms with van der Waals surface area (Å²) in [5.41, 5.74) is 2.56. The summed E-state index contributed by atoms with van der Waals surface area (Å²) in [6, 6.07) is 11.8. The summed E-state index contributed by atoms with van der Waals surface area (Å²) in [5, 5.41) is 7.48. The molecule has 3 aromatic heterocycles. The number of aromatic nitrogens is 5. The third kappa shape index (κ3) is 3.24. The molecule has 2 aliphatic heterocycles. The fourth-order valence-corrected chi connectivity index (χ4v) is 4.58. The van der Waals surface area contributed by atoms with E-state index >= 15 is 0 Å². The molecule has 164 valence electrons. The van der Waals surface area contributed by atoms with Crippen molar-refractivity contribution in [2.24, 2.45) is 0 Å². The van der Waals surface area contributed by atoms with Crippen molar-refractivity contribution in [1.29, 1.82) is 0 Å². The lowest BCUT2D eigenvalue weighted by atomic mass is 9.85. The van der Waals surface area contributed by atoms with Crippen LogP contribution in [-0.2, 0) is 10.3 Å². The van der Waals surface area contributed by atoms with Crippen LogP contribution in [0.4, 0.5) is 10.2 Å². The van der Waals surface area contributed by atoms with E-state index in [0.29, 0.717) is 54.3 Å². The zero-order chi connectivity index (χ0) is 22.4. The SMILES string of the molecule is O=C1OC2(CCN(c3cc(-c4ccnc(-c5ccccc5F)n4)[nH]n3)CC2)c2cnccc21. The number of esters is 1. The molecule has 0 saturated carbocycles. The van der Waals surface area contributed by atoms with E-state index in [1.807, 2.05) is 6.07 Å². The predicted molar refractivity (Wildman–Crippen MR) is 118 cm³/mol. The van der Waals surface area contributed by atoms with Crippen molar-refractivity contribution in [2.75, 3.05) is 18.0 Å². The molecule has 1 aromatic carbocycles. The first kappa shape index (κ1) is 19.5. The van der Waals surface area contributed by atoms with Crippen molar-refractivity contribution < 1.29 is 13.9 Å². The first-order chi connectivity index (χ1) is 16.1. The molecule has 5 heterocycles. The molecule has 1 fully saturated rings. The summed E-state index contributed by atoms with van der Waals surface area (Å²) < 4.78 is 20.0. The zero-order valence-electron chi connectivity index (χ0n) is 17.5. The average Bonchev–Trinajstić information content (AvgIpc) is 3.44. The molecule has 4 aromatic rings. The highest BCUT2D eigenvalue weighted by atomic mass is 19.1. The lowest BCUT2D eigenvalue weighted by molar-refractivity contribution is -0.0212. The van der Waals surface area contributed by atoms with Gasteiger partial charge in [0, 0.05) is 56.2 Å². The number of fused-ring (bicyclic) bond motifs is 2. The number of piperidine rings is 1. The Kier molecular flexibility index (Phi) is 4.42. The number of H-pyrrole nitrogens is 1. The fraction of sp³-hybridized carbons (Fsp3) is 0.208. The number of hydrogen-bond donors (Lipinski definition) is 1. The number of carbonyl (C=O) groups is 1. The Labute approximate surface area is 188 Å². The van der Waals surface area contributed by atoms with Gasteiger partial charge in [0.2, 0.25) is 0 Å². The highest BCUT2D eigenvalue weighted by molar-refractivity contribution is 5.94. The maximum absolute atomic E-state index is 14.2. The molecule has 2 aliphatic rings. The van der Waals surface area contributed by atoms with Crippen LogP contribution in [0, 0.1) is 5.82 Å². The van der Waals surface area contributed by atoms with Gasteiger partial charge in [0.1, 0.15) is 11.4 Å². The highest BCUT2D eigenvalue weighted by Gasteiger charge is 2.47. The van der Waals surface area contributed by atoms with E-state index in [4.69, 9.17) is 4.74 Å². The molecule has 9 heteroatoms. The Balaban J connectivity index is 1.22. The van der Waals surface area contributed by atoms with E-state index in [9.17, 15) is 9.18 Å². The summed E-state index contributed by atoms with van der Waals surface area (Å²) in [5.74, 6) is 0.447. The molecular weight excluding hydrogens is 423 g/mol. The summed E-state index contributed by atoms with van der Waals surface area (Å²) in [6.07, 6.45) is 6.28. The lowest BCUT2D eigenvalue weighted by Crippen LogP contribution is -2.43. The number of halogens is 1. The van der Waals surface area contributed by atoms with Gasteiger partial charge in [0.25, 0.3) is 0 Å². The number of anilines is 1. The van der Waals surface area contributed by atoms with Crippen LogP contribution in [0.3, 0.4) is 0 Å². The number of rotatable bonds is 3. The maximum atomic E-state index is 14.2. The number of hydrogen-bond acceptors (Lipinski definition) is 7.